The number of nitrogens with two attached hydrogens (primary N) is 1. The fourth-order valence-electron chi connectivity index (χ4n) is 5.48. The fraction of sp³-hybridized carbons (Fsp3) is 0.657. The highest BCUT2D eigenvalue weighted by atomic mass is 16.5. The summed E-state index contributed by atoms with van der Waals surface area (Å²) in [5.41, 5.74) is 5.25. The number of likely N-dealkylation sites (tertiary alicyclic amines) is 1. The number of Topliss-reactive ketones (excluding diaryl/α,β-unsaturated/α-hetero) is 1. The van der Waals surface area contributed by atoms with E-state index in [9.17, 15) is 28.8 Å². The number of primary amides is 1. The number of ether oxygens (including phenoxy) is 1. The maximum Gasteiger partial charge on any atom is 0.325 e. The summed E-state index contributed by atoms with van der Waals surface area (Å²) in [4.78, 5) is 76.7. The molecule has 12 heteroatoms. The Morgan fingerprint density at radius 2 is 1.49 bits per heavy atom. The lowest BCUT2D eigenvalue weighted by Gasteiger charge is -2.35. The van der Waals surface area contributed by atoms with E-state index in [-0.39, 0.29) is 19.1 Å². The zero-order valence-corrected chi connectivity index (χ0v) is 28.8. The number of rotatable bonds is 12. The average molecular weight is 658 g/mol. The van der Waals surface area contributed by atoms with E-state index < -0.39 is 65.6 Å². The molecule has 0 radical (unpaired) electrons. The van der Waals surface area contributed by atoms with Crippen molar-refractivity contribution in [2.24, 2.45) is 17.1 Å². The maximum atomic E-state index is 13.6. The molecule has 3 fully saturated rings. The molecule has 12 nitrogen and oxygen atoms in total. The van der Waals surface area contributed by atoms with Gasteiger partial charge in [-0.2, -0.15) is 0 Å². The highest BCUT2D eigenvalue weighted by molar-refractivity contribution is 6.37. The molecule has 0 spiro atoms. The maximum absolute atomic E-state index is 13.6. The first kappa shape index (κ1) is 39.2. The first-order chi connectivity index (χ1) is 22.4. The number of hydrogen-bond acceptors (Lipinski definition) is 7. The van der Waals surface area contributed by atoms with Crippen molar-refractivity contribution in [1.29, 1.82) is 0 Å². The summed E-state index contributed by atoms with van der Waals surface area (Å²) < 4.78 is 5.16. The zero-order chi connectivity index (χ0) is 35.0. The summed E-state index contributed by atoms with van der Waals surface area (Å²) in [5, 5.41) is 7.69. The molecule has 2 aliphatic carbocycles. The Labute approximate surface area is 279 Å². The lowest BCUT2D eigenvalue weighted by Crippen LogP contribution is -2.60. The lowest BCUT2D eigenvalue weighted by atomic mass is 9.85. The number of benzene rings is 1. The van der Waals surface area contributed by atoms with Gasteiger partial charge in [-0.3, -0.25) is 24.0 Å². The number of ketones is 1. The molecule has 3 unspecified atom stereocenters. The smallest absolute Gasteiger partial charge is 0.325 e. The van der Waals surface area contributed by atoms with Gasteiger partial charge in [-0.15, -0.1) is 0 Å². The minimum atomic E-state index is -1.11. The van der Waals surface area contributed by atoms with Crippen LogP contribution in [0.3, 0.4) is 0 Å². The standard InChI is InChI=1S/C28H39N5O7.C5H10.C2H6/c1-28(2,3)23(32-27(39)30-15-21(34)40-16-18-8-5-4-6-9-18)26(38)33-13-7-10-20(33)25(37)31-19(14-17-11-12-17)22(35)24(29)36;1-2-4-5-3-1;1-2/h4-6,8-9,17,19-20,23H,7,10-16H2,1-3H3,(H2,29,36)(H,31,37)(H2,30,32,39);1-5H2;1-2H3. The number of nitrogens with one attached hydrogen (secondary N) is 3. The topological polar surface area (TPSA) is 177 Å². The number of amides is 5. The van der Waals surface area contributed by atoms with Crippen LogP contribution in [-0.4, -0.2) is 71.6 Å². The van der Waals surface area contributed by atoms with Crippen molar-refractivity contribution < 1.29 is 33.5 Å². The van der Waals surface area contributed by atoms with Crippen molar-refractivity contribution in [3.8, 4) is 0 Å². The molecule has 262 valence electrons. The molecule has 5 amide bonds. The van der Waals surface area contributed by atoms with Gasteiger partial charge in [0.2, 0.25) is 17.6 Å². The summed E-state index contributed by atoms with van der Waals surface area (Å²) in [6.45, 7) is 9.27. The molecule has 1 aromatic carbocycles. The summed E-state index contributed by atoms with van der Waals surface area (Å²) in [6.07, 6.45) is 10.6. The number of urea groups is 1. The van der Waals surface area contributed by atoms with Crippen LogP contribution in [0.2, 0.25) is 0 Å². The van der Waals surface area contributed by atoms with Crippen LogP contribution in [0.1, 0.15) is 104 Å². The highest BCUT2D eigenvalue weighted by Gasteiger charge is 2.43. The largest absolute Gasteiger partial charge is 0.460 e. The first-order valence-electron chi connectivity index (χ1n) is 17.0. The van der Waals surface area contributed by atoms with Gasteiger partial charge in [-0.25, -0.2) is 4.79 Å². The van der Waals surface area contributed by atoms with Crippen molar-refractivity contribution in [3.63, 3.8) is 0 Å². The SMILES string of the molecule is C1CCCC1.CC.CC(C)(C)C(NC(=O)NCC(=O)OCc1ccccc1)C(=O)N1CCCC1C(=O)NC(CC1CC1)C(=O)C(N)=O. The lowest BCUT2D eigenvalue weighted by molar-refractivity contribution is -0.143. The Balaban J connectivity index is 0.000000983. The molecule has 1 heterocycles. The second kappa shape index (κ2) is 19.6. The summed E-state index contributed by atoms with van der Waals surface area (Å²) >= 11 is 0. The summed E-state index contributed by atoms with van der Waals surface area (Å²) in [5.74, 6) is -3.36. The van der Waals surface area contributed by atoms with Crippen LogP contribution in [0.4, 0.5) is 4.79 Å². The van der Waals surface area contributed by atoms with Crippen LogP contribution in [0, 0.1) is 11.3 Å². The number of nitrogens with zero attached hydrogens (tertiary/aromatic N) is 1. The van der Waals surface area contributed by atoms with Gasteiger partial charge in [0.15, 0.2) is 0 Å². The highest BCUT2D eigenvalue weighted by Crippen LogP contribution is 2.34. The Kier molecular flexibility index (Phi) is 16.4. The van der Waals surface area contributed by atoms with E-state index in [4.69, 9.17) is 10.5 Å². The normalized spacial score (nSPS) is 18.2. The van der Waals surface area contributed by atoms with Crippen molar-refractivity contribution in [2.75, 3.05) is 13.1 Å². The molecule has 0 aromatic heterocycles. The van der Waals surface area contributed by atoms with Gasteiger partial charge in [-0.1, -0.05) is 110 Å². The van der Waals surface area contributed by atoms with Crippen LogP contribution >= 0.6 is 0 Å². The monoisotopic (exact) mass is 657 g/mol. The predicted molar refractivity (Wildman–Crippen MR) is 179 cm³/mol. The van der Waals surface area contributed by atoms with Gasteiger partial charge in [0.1, 0.15) is 25.2 Å². The molecule has 3 aliphatic rings. The molecule has 47 heavy (non-hydrogen) atoms. The summed E-state index contributed by atoms with van der Waals surface area (Å²) in [6, 6.07) is 5.45. The molecule has 1 aromatic rings. The Morgan fingerprint density at radius 1 is 0.894 bits per heavy atom. The molecular weight excluding hydrogens is 602 g/mol. The molecule has 1 aliphatic heterocycles. The van der Waals surface area contributed by atoms with E-state index in [1.807, 2.05) is 44.2 Å². The minimum Gasteiger partial charge on any atom is -0.460 e. The Bertz CT molecular complexity index is 1180. The molecule has 0 bridgehead atoms. The molecular formula is C35H55N5O7. The number of carbonyl (C=O) groups excluding carboxylic acids is 6. The van der Waals surface area contributed by atoms with Gasteiger partial charge < -0.3 is 31.3 Å². The Hall–Kier alpha value is -3.96. The molecule has 1 saturated heterocycles. The van der Waals surface area contributed by atoms with E-state index in [0.717, 1.165) is 18.4 Å². The second-order valence-corrected chi connectivity index (χ2v) is 13.2. The first-order valence-corrected chi connectivity index (χ1v) is 17.0. The summed E-state index contributed by atoms with van der Waals surface area (Å²) in [7, 11) is 0. The number of hydrogen-bond donors (Lipinski definition) is 4. The van der Waals surface area contributed by atoms with Gasteiger partial charge in [0.05, 0.1) is 6.04 Å². The van der Waals surface area contributed by atoms with E-state index in [0.29, 0.717) is 19.3 Å². The quantitative estimate of drug-likeness (QED) is 0.195. The molecule has 5 N–H and O–H groups in total. The van der Waals surface area contributed by atoms with E-state index in [1.165, 1.54) is 37.0 Å². The van der Waals surface area contributed by atoms with E-state index in [1.54, 1.807) is 20.8 Å². The van der Waals surface area contributed by atoms with Crippen LogP contribution in [-0.2, 0) is 35.3 Å². The number of carbonyl (C=O) groups is 6. The van der Waals surface area contributed by atoms with Gasteiger partial charge >= 0.3 is 12.0 Å². The third-order valence-electron chi connectivity index (χ3n) is 8.25. The third kappa shape index (κ3) is 13.7. The zero-order valence-electron chi connectivity index (χ0n) is 28.8. The van der Waals surface area contributed by atoms with Crippen LogP contribution in [0.15, 0.2) is 30.3 Å². The molecule has 2 saturated carbocycles. The third-order valence-corrected chi connectivity index (χ3v) is 8.25. The fourth-order valence-corrected chi connectivity index (χ4v) is 5.48. The van der Waals surface area contributed by atoms with Gasteiger partial charge in [0, 0.05) is 6.54 Å². The van der Waals surface area contributed by atoms with Crippen LogP contribution in [0.25, 0.3) is 0 Å². The number of esters is 1. The Morgan fingerprint density at radius 3 is 2.02 bits per heavy atom. The second-order valence-electron chi connectivity index (χ2n) is 13.2. The van der Waals surface area contributed by atoms with Crippen LogP contribution < -0.4 is 21.7 Å². The minimum absolute atomic E-state index is 0.0665. The van der Waals surface area contributed by atoms with Crippen molar-refractivity contribution >= 4 is 35.5 Å². The van der Waals surface area contributed by atoms with Gasteiger partial charge in [0.25, 0.3) is 5.91 Å². The van der Waals surface area contributed by atoms with Gasteiger partial charge in [-0.05, 0) is 36.2 Å². The van der Waals surface area contributed by atoms with E-state index in [2.05, 4.69) is 16.0 Å². The van der Waals surface area contributed by atoms with Crippen molar-refractivity contribution in [2.45, 2.75) is 124 Å². The predicted octanol–water partition coefficient (Wildman–Crippen LogP) is 3.75. The van der Waals surface area contributed by atoms with E-state index >= 15 is 0 Å². The van der Waals surface area contributed by atoms with Crippen molar-refractivity contribution in [3.05, 3.63) is 35.9 Å². The molecule has 4 rings (SSSR count). The van der Waals surface area contributed by atoms with Crippen molar-refractivity contribution in [1.82, 2.24) is 20.9 Å². The average Bonchev–Trinajstić information content (AvgIpc) is 3.45. The van der Waals surface area contributed by atoms with Crippen LogP contribution in [0.5, 0.6) is 0 Å². The molecule has 3 atom stereocenters.